The number of amides is 1. The number of imidazole rings is 1. The number of aromatic nitrogens is 4. The Labute approximate surface area is 200 Å². The maximum atomic E-state index is 13.3. The lowest BCUT2D eigenvalue weighted by Crippen LogP contribution is -2.39. The van der Waals surface area contributed by atoms with Crippen molar-refractivity contribution >= 4 is 16.9 Å². The lowest BCUT2D eigenvalue weighted by atomic mass is 9.93. The SMILES string of the molecule is Cc1nc2ccc(CCC(=O)N3CCCC[C@@H]3c3[nH]ncc3-c3ccc(C(F)(F)F)cc3)cc2[nH]1. The minimum Gasteiger partial charge on any atom is -0.342 e. The average Bonchev–Trinajstić information content (AvgIpc) is 3.47. The predicted octanol–water partition coefficient (Wildman–Crippen LogP) is 5.97. The predicted molar refractivity (Wildman–Crippen MR) is 126 cm³/mol. The summed E-state index contributed by atoms with van der Waals surface area (Å²) in [6.07, 6.45) is 0.896. The summed E-state index contributed by atoms with van der Waals surface area (Å²) in [5, 5.41) is 7.19. The summed E-state index contributed by atoms with van der Waals surface area (Å²) in [7, 11) is 0. The smallest absolute Gasteiger partial charge is 0.342 e. The highest BCUT2D eigenvalue weighted by molar-refractivity contribution is 5.79. The minimum absolute atomic E-state index is 0.0588. The maximum absolute atomic E-state index is 13.3. The molecule has 1 fully saturated rings. The lowest BCUT2D eigenvalue weighted by Gasteiger charge is -2.36. The summed E-state index contributed by atoms with van der Waals surface area (Å²) in [5.41, 5.74) is 4.38. The monoisotopic (exact) mass is 481 g/mol. The van der Waals surface area contributed by atoms with Gasteiger partial charge < -0.3 is 9.88 Å². The molecule has 2 N–H and O–H groups in total. The molecule has 0 saturated carbocycles. The largest absolute Gasteiger partial charge is 0.416 e. The fourth-order valence-electron chi connectivity index (χ4n) is 4.88. The maximum Gasteiger partial charge on any atom is 0.416 e. The zero-order chi connectivity index (χ0) is 24.6. The number of H-pyrrole nitrogens is 2. The van der Waals surface area contributed by atoms with Gasteiger partial charge in [-0.05, 0) is 68.0 Å². The van der Waals surface area contributed by atoms with Crippen LogP contribution in [0.15, 0.2) is 48.7 Å². The van der Waals surface area contributed by atoms with Gasteiger partial charge in [-0.2, -0.15) is 18.3 Å². The van der Waals surface area contributed by atoms with Crippen LogP contribution in [0.1, 0.15) is 54.4 Å². The first kappa shape index (κ1) is 23.1. The van der Waals surface area contributed by atoms with Crippen LogP contribution < -0.4 is 0 Å². The third-order valence-electron chi connectivity index (χ3n) is 6.64. The number of rotatable bonds is 5. The van der Waals surface area contributed by atoms with Crippen LogP contribution in [0.25, 0.3) is 22.2 Å². The fourth-order valence-corrected chi connectivity index (χ4v) is 4.88. The molecule has 0 bridgehead atoms. The van der Waals surface area contributed by atoms with E-state index in [1.165, 1.54) is 12.1 Å². The van der Waals surface area contributed by atoms with Crippen molar-refractivity contribution in [2.75, 3.05) is 6.54 Å². The molecule has 5 rings (SSSR count). The molecule has 9 heteroatoms. The third kappa shape index (κ3) is 4.80. The summed E-state index contributed by atoms with van der Waals surface area (Å²) in [6, 6.07) is 10.9. The van der Waals surface area contributed by atoms with Gasteiger partial charge in [0, 0.05) is 18.5 Å². The molecule has 1 amide bonds. The number of hydrogen-bond donors (Lipinski definition) is 2. The van der Waals surface area contributed by atoms with E-state index in [1.807, 2.05) is 30.0 Å². The van der Waals surface area contributed by atoms with Gasteiger partial charge in [0.25, 0.3) is 0 Å². The number of carbonyl (C=O) groups is 1. The summed E-state index contributed by atoms with van der Waals surface area (Å²) in [5.74, 6) is 0.913. The van der Waals surface area contributed by atoms with Crippen molar-refractivity contribution in [1.82, 2.24) is 25.1 Å². The molecule has 182 valence electrons. The Morgan fingerprint density at radius 1 is 1.14 bits per heavy atom. The van der Waals surface area contributed by atoms with E-state index in [9.17, 15) is 18.0 Å². The van der Waals surface area contributed by atoms with Gasteiger partial charge in [0.05, 0.1) is 34.5 Å². The molecule has 35 heavy (non-hydrogen) atoms. The highest BCUT2D eigenvalue weighted by Gasteiger charge is 2.32. The number of likely N-dealkylation sites (tertiary alicyclic amines) is 1. The first-order valence-corrected chi connectivity index (χ1v) is 11.8. The Balaban J connectivity index is 1.33. The van der Waals surface area contributed by atoms with Gasteiger partial charge in [-0.1, -0.05) is 18.2 Å². The topological polar surface area (TPSA) is 77.7 Å². The number of aryl methyl sites for hydroxylation is 2. The van der Waals surface area contributed by atoms with Crippen LogP contribution in [0, 0.1) is 6.92 Å². The molecule has 0 unspecified atom stereocenters. The second kappa shape index (κ2) is 9.20. The van der Waals surface area contributed by atoms with E-state index in [0.29, 0.717) is 24.9 Å². The summed E-state index contributed by atoms with van der Waals surface area (Å²) in [4.78, 5) is 22.8. The molecule has 3 heterocycles. The first-order valence-electron chi connectivity index (χ1n) is 11.8. The third-order valence-corrected chi connectivity index (χ3v) is 6.64. The zero-order valence-corrected chi connectivity index (χ0v) is 19.3. The van der Waals surface area contributed by atoms with Crippen LogP contribution in [0.2, 0.25) is 0 Å². The molecular formula is C26H26F3N5O. The number of carbonyl (C=O) groups excluding carboxylic acids is 1. The van der Waals surface area contributed by atoms with Crippen molar-refractivity contribution in [3.8, 4) is 11.1 Å². The first-order chi connectivity index (χ1) is 16.8. The molecule has 1 aliphatic rings. The quantitative estimate of drug-likeness (QED) is 0.369. The van der Waals surface area contributed by atoms with E-state index in [1.54, 1.807) is 6.20 Å². The van der Waals surface area contributed by atoms with Crippen molar-refractivity contribution in [3.05, 3.63) is 71.3 Å². The molecular weight excluding hydrogens is 455 g/mol. The number of hydrogen-bond acceptors (Lipinski definition) is 3. The number of halogens is 3. The second-order valence-corrected chi connectivity index (χ2v) is 9.04. The Morgan fingerprint density at radius 2 is 1.94 bits per heavy atom. The highest BCUT2D eigenvalue weighted by atomic mass is 19.4. The van der Waals surface area contributed by atoms with E-state index in [-0.39, 0.29) is 11.9 Å². The van der Waals surface area contributed by atoms with E-state index in [2.05, 4.69) is 20.2 Å². The molecule has 2 aromatic carbocycles. The van der Waals surface area contributed by atoms with Gasteiger partial charge in [0.15, 0.2) is 0 Å². The van der Waals surface area contributed by atoms with Gasteiger partial charge in [0.2, 0.25) is 5.91 Å². The van der Waals surface area contributed by atoms with E-state index < -0.39 is 11.7 Å². The van der Waals surface area contributed by atoms with Crippen molar-refractivity contribution in [3.63, 3.8) is 0 Å². The van der Waals surface area contributed by atoms with E-state index in [0.717, 1.165) is 65.1 Å². The zero-order valence-electron chi connectivity index (χ0n) is 19.3. The van der Waals surface area contributed by atoms with Crippen molar-refractivity contribution < 1.29 is 18.0 Å². The molecule has 1 saturated heterocycles. The lowest BCUT2D eigenvalue weighted by molar-refractivity contribution is -0.137. The summed E-state index contributed by atoms with van der Waals surface area (Å²) < 4.78 is 38.9. The molecule has 6 nitrogen and oxygen atoms in total. The van der Waals surface area contributed by atoms with Crippen molar-refractivity contribution in [2.45, 2.75) is 51.2 Å². The molecule has 0 radical (unpaired) electrons. The van der Waals surface area contributed by atoms with Gasteiger partial charge in [-0.15, -0.1) is 0 Å². The Bertz CT molecular complexity index is 1340. The molecule has 0 spiro atoms. The molecule has 2 aromatic heterocycles. The van der Waals surface area contributed by atoms with Crippen molar-refractivity contribution in [2.24, 2.45) is 0 Å². The molecule has 1 aliphatic heterocycles. The Kier molecular flexibility index (Phi) is 6.08. The molecule has 4 aromatic rings. The highest BCUT2D eigenvalue weighted by Crippen LogP contribution is 2.37. The van der Waals surface area contributed by atoms with E-state index in [4.69, 9.17) is 0 Å². The van der Waals surface area contributed by atoms with Gasteiger partial charge >= 0.3 is 6.18 Å². The minimum atomic E-state index is -4.38. The number of piperidine rings is 1. The number of alkyl halides is 3. The van der Waals surface area contributed by atoms with Crippen LogP contribution in [0.3, 0.4) is 0 Å². The number of fused-ring (bicyclic) bond motifs is 1. The van der Waals surface area contributed by atoms with Gasteiger partial charge in [-0.3, -0.25) is 9.89 Å². The Hall–Kier alpha value is -3.62. The number of nitrogens with zero attached hydrogens (tertiary/aromatic N) is 3. The van der Waals surface area contributed by atoms with Gasteiger partial charge in [-0.25, -0.2) is 4.98 Å². The number of nitrogens with one attached hydrogen (secondary N) is 2. The molecule has 0 aliphatic carbocycles. The fraction of sp³-hybridized carbons (Fsp3) is 0.346. The molecule has 1 atom stereocenters. The van der Waals surface area contributed by atoms with Crippen LogP contribution >= 0.6 is 0 Å². The average molecular weight is 482 g/mol. The Morgan fingerprint density at radius 3 is 2.71 bits per heavy atom. The normalized spacial score (nSPS) is 16.7. The van der Waals surface area contributed by atoms with Crippen LogP contribution in [-0.4, -0.2) is 37.5 Å². The van der Waals surface area contributed by atoms with E-state index >= 15 is 0 Å². The summed E-state index contributed by atoms with van der Waals surface area (Å²) >= 11 is 0. The van der Waals surface area contributed by atoms with Crippen LogP contribution in [0.5, 0.6) is 0 Å². The van der Waals surface area contributed by atoms with Gasteiger partial charge in [0.1, 0.15) is 5.82 Å². The van der Waals surface area contributed by atoms with Crippen LogP contribution in [-0.2, 0) is 17.4 Å². The standard InChI is InChI=1S/C26H26F3N5O/c1-16-31-21-11-5-17(14-22(21)32-16)6-12-24(35)34-13-3-2-4-23(34)25-20(15-30-33-25)18-7-9-19(10-8-18)26(27,28)29/h5,7-11,14-15,23H,2-4,6,12-13H2,1H3,(H,30,33)(H,31,32)/t23-/m1/s1. The number of benzene rings is 2. The van der Waals surface area contributed by atoms with Crippen LogP contribution in [0.4, 0.5) is 13.2 Å². The second-order valence-electron chi connectivity index (χ2n) is 9.04. The van der Waals surface area contributed by atoms with Crippen molar-refractivity contribution in [1.29, 1.82) is 0 Å². The number of aromatic amines is 2. The summed E-state index contributed by atoms with van der Waals surface area (Å²) in [6.45, 7) is 2.56.